The molecule has 22 heavy (non-hydrogen) atoms. The minimum atomic E-state index is -0.236. The van der Waals surface area contributed by atoms with Gasteiger partial charge in [-0.05, 0) is 25.0 Å². The zero-order valence-electron chi connectivity index (χ0n) is 12.5. The van der Waals surface area contributed by atoms with Gasteiger partial charge in [0.05, 0.1) is 19.6 Å². The minimum Gasteiger partial charge on any atom is -0.493 e. The lowest BCUT2D eigenvalue weighted by Crippen LogP contribution is -2.37. The number of methoxy groups -OCH3 is 1. The van der Waals surface area contributed by atoms with Crippen LogP contribution in [0, 0.1) is 12.8 Å². The molecule has 1 aromatic carbocycles. The number of aromatic nitrogens is 2. The third-order valence-electron chi connectivity index (χ3n) is 3.72. The normalized spacial score (nSPS) is 16.5. The first-order valence-corrected chi connectivity index (χ1v) is 7.03. The summed E-state index contributed by atoms with van der Waals surface area (Å²) in [6, 6.07) is 5.69. The van der Waals surface area contributed by atoms with E-state index in [1.165, 1.54) is 0 Å². The Bertz CT molecular complexity index is 683. The second-order valence-corrected chi connectivity index (χ2v) is 5.17. The Kier molecular flexibility index (Phi) is 3.95. The second-order valence-electron chi connectivity index (χ2n) is 5.17. The number of benzene rings is 1. The van der Waals surface area contributed by atoms with E-state index in [9.17, 15) is 4.79 Å². The van der Waals surface area contributed by atoms with Crippen LogP contribution >= 0.6 is 0 Å². The van der Waals surface area contributed by atoms with E-state index in [0.29, 0.717) is 36.7 Å². The van der Waals surface area contributed by atoms with Gasteiger partial charge in [-0.25, -0.2) is 4.63 Å². The second kappa shape index (κ2) is 6.05. The highest BCUT2D eigenvalue weighted by molar-refractivity contribution is 5.79. The largest absolute Gasteiger partial charge is 0.493 e. The van der Waals surface area contributed by atoms with E-state index in [4.69, 9.17) is 9.47 Å². The van der Waals surface area contributed by atoms with Gasteiger partial charge in [-0.1, -0.05) is 22.4 Å². The lowest BCUT2D eigenvalue weighted by Gasteiger charge is -2.25. The van der Waals surface area contributed by atoms with Crippen molar-refractivity contribution in [1.29, 1.82) is 0 Å². The van der Waals surface area contributed by atoms with Gasteiger partial charge in [0.2, 0.25) is 5.91 Å². The fourth-order valence-corrected chi connectivity index (χ4v) is 2.45. The Balaban J connectivity index is 1.64. The molecule has 0 bridgehead atoms. The summed E-state index contributed by atoms with van der Waals surface area (Å²) in [6.07, 6.45) is 0.619. The van der Waals surface area contributed by atoms with Crippen LogP contribution in [-0.4, -0.2) is 29.9 Å². The summed E-state index contributed by atoms with van der Waals surface area (Å²) in [5.74, 6) is 1.11. The van der Waals surface area contributed by atoms with Gasteiger partial charge >= 0.3 is 0 Å². The van der Waals surface area contributed by atoms with Crippen molar-refractivity contribution in [3.05, 3.63) is 35.2 Å². The van der Waals surface area contributed by atoms with E-state index in [-0.39, 0.29) is 11.8 Å². The number of aryl methyl sites for hydroxylation is 1. The van der Waals surface area contributed by atoms with Crippen LogP contribution in [0.5, 0.6) is 11.5 Å². The average Bonchev–Trinajstić information content (AvgIpc) is 2.96. The average molecular weight is 303 g/mol. The smallest absolute Gasteiger partial charge is 0.227 e. The zero-order valence-corrected chi connectivity index (χ0v) is 12.5. The van der Waals surface area contributed by atoms with Crippen LogP contribution in [0.25, 0.3) is 0 Å². The molecular formula is C15H17N3O4. The molecule has 1 N–H and O–H groups in total. The van der Waals surface area contributed by atoms with Crippen LogP contribution in [0.15, 0.2) is 22.8 Å². The summed E-state index contributed by atoms with van der Waals surface area (Å²) < 4.78 is 15.6. The zero-order chi connectivity index (χ0) is 15.5. The Labute approximate surface area is 127 Å². The number of para-hydroxylation sites is 1. The Morgan fingerprint density at radius 3 is 3.05 bits per heavy atom. The van der Waals surface area contributed by atoms with E-state index in [0.717, 1.165) is 11.3 Å². The molecule has 3 rings (SSSR count). The van der Waals surface area contributed by atoms with Gasteiger partial charge in [0.25, 0.3) is 0 Å². The molecule has 2 aromatic rings. The molecule has 0 radical (unpaired) electrons. The molecule has 116 valence electrons. The number of fused-ring (bicyclic) bond motifs is 1. The predicted molar refractivity (Wildman–Crippen MR) is 76.6 cm³/mol. The summed E-state index contributed by atoms with van der Waals surface area (Å²) in [5.41, 5.74) is 2.28. The monoisotopic (exact) mass is 303 g/mol. The SMILES string of the molecule is COc1cccc2c1OCC(C(=O)NCc1nonc1C)C2. The van der Waals surface area contributed by atoms with E-state index >= 15 is 0 Å². The highest BCUT2D eigenvalue weighted by Gasteiger charge is 2.27. The number of carbonyl (C=O) groups excluding carboxylic acids is 1. The lowest BCUT2D eigenvalue weighted by atomic mass is 9.95. The first kappa shape index (κ1) is 14.4. The fraction of sp³-hybridized carbons (Fsp3) is 0.400. The third-order valence-corrected chi connectivity index (χ3v) is 3.72. The van der Waals surface area contributed by atoms with Gasteiger partial charge in [-0.2, -0.15) is 0 Å². The number of hydrogen-bond acceptors (Lipinski definition) is 6. The van der Waals surface area contributed by atoms with E-state index in [2.05, 4.69) is 20.3 Å². The van der Waals surface area contributed by atoms with Crippen LogP contribution in [0.1, 0.15) is 17.0 Å². The fourth-order valence-electron chi connectivity index (χ4n) is 2.45. The van der Waals surface area contributed by atoms with Crippen LogP contribution in [0.2, 0.25) is 0 Å². The Hall–Kier alpha value is -2.57. The molecule has 7 heteroatoms. The van der Waals surface area contributed by atoms with Crippen LogP contribution in [0.4, 0.5) is 0 Å². The molecule has 0 aliphatic carbocycles. The van der Waals surface area contributed by atoms with Crippen molar-refractivity contribution in [2.24, 2.45) is 5.92 Å². The van der Waals surface area contributed by atoms with Crippen molar-refractivity contribution >= 4 is 5.91 Å². The number of rotatable bonds is 4. The topological polar surface area (TPSA) is 86.5 Å². The molecule has 7 nitrogen and oxygen atoms in total. The Morgan fingerprint density at radius 2 is 2.32 bits per heavy atom. The first-order chi connectivity index (χ1) is 10.7. The summed E-state index contributed by atoms with van der Waals surface area (Å²) in [4.78, 5) is 12.3. The summed E-state index contributed by atoms with van der Waals surface area (Å²) >= 11 is 0. The van der Waals surface area contributed by atoms with Crippen molar-refractivity contribution in [3.63, 3.8) is 0 Å². The molecule has 1 aliphatic heterocycles. The molecule has 2 heterocycles. The van der Waals surface area contributed by atoms with Gasteiger partial charge in [0.1, 0.15) is 18.0 Å². The number of amides is 1. The molecule has 1 aliphatic rings. The maximum absolute atomic E-state index is 12.3. The number of hydrogen-bond donors (Lipinski definition) is 1. The van der Waals surface area contributed by atoms with Crippen LogP contribution in [0.3, 0.4) is 0 Å². The molecule has 1 atom stereocenters. The maximum Gasteiger partial charge on any atom is 0.227 e. The number of nitrogens with one attached hydrogen (secondary N) is 1. The van der Waals surface area contributed by atoms with Gasteiger partial charge in [-0.15, -0.1) is 0 Å². The third kappa shape index (κ3) is 2.74. The molecule has 0 spiro atoms. The Morgan fingerprint density at radius 1 is 1.45 bits per heavy atom. The van der Waals surface area contributed by atoms with Gasteiger partial charge in [-0.3, -0.25) is 4.79 Å². The van der Waals surface area contributed by atoms with E-state index < -0.39 is 0 Å². The van der Waals surface area contributed by atoms with Crippen molar-refractivity contribution in [2.75, 3.05) is 13.7 Å². The molecular weight excluding hydrogens is 286 g/mol. The van der Waals surface area contributed by atoms with Crippen LogP contribution < -0.4 is 14.8 Å². The highest BCUT2D eigenvalue weighted by Crippen LogP contribution is 2.35. The molecule has 1 unspecified atom stereocenters. The van der Waals surface area contributed by atoms with Crippen molar-refractivity contribution in [1.82, 2.24) is 15.6 Å². The van der Waals surface area contributed by atoms with Gasteiger partial charge < -0.3 is 14.8 Å². The van der Waals surface area contributed by atoms with Crippen molar-refractivity contribution in [3.8, 4) is 11.5 Å². The number of ether oxygens (including phenoxy) is 2. The minimum absolute atomic E-state index is 0.0733. The molecule has 0 saturated heterocycles. The maximum atomic E-state index is 12.3. The van der Waals surface area contributed by atoms with Crippen molar-refractivity contribution < 1.29 is 18.9 Å². The quantitative estimate of drug-likeness (QED) is 0.915. The summed E-state index contributed by atoms with van der Waals surface area (Å²) in [5, 5.41) is 10.3. The van der Waals surface area contributed by atoms with Crippen LogP contribution in [-0.2, 0) is 17.8 Å². The lowest BCUT2D eigenvalue weighted by molar-refractivity contribution is -0.126. The van der Waals surface area contributed by atoms with Gasteiger partial charge in [0, 0.05) is 0 Å². The standard InChI is InChI=1S/C15H17N3O4/c1-9-12(18-22-17-9)7-16-15(19)11-6-10-4-3-5-13(20-2)14(10)21-8-11/h3-5,11H,6-8H2,1-2H3,(H,16,19). The predicted octanol–water partition coefficient (Wildman–Crippen LogP) is 1.25. The molecule has 1 amide bonds. The molecule has 1 aromatic heterocycles. The van der Waals surface area contributed by atoms with E-state index in [1.807, 2.05) is 18.2 Å². The van der Waals surface area contributed by atoms with Crippen molar-refractivity contribution in [2.45, 2.75) is 19.9 Å². The highest BCUT2D eigenvalue weighted by atomic mass is 16.6. The number of carbonyl (C=O) groups is 1. The summed E-state index contributed by atoms with van der Waals surface area (Å²) in [7, 11) is 1.60. The number of nitrogens with zero attached hydrogens (tertiary/aromatic N) is 2. The van der Waals surface area contributed by atoms with Gasteiger partial charge in [0.15, 0.2) is 11.5 Å². The summed E-state index contributed by atoms with van der Waals surface area (Å²) in [6.45, 7) is 2.41. The van der Waals surface area contributed by atoms with E-state index in [1.54, 1.807) is 14.0 Å². The molecule has 0 saturated carbocycles. The first-order valence-electron chi connectivity index (χ1n) is 7.03. The molecule has 0 fully saturated rings.